The van der Waals surface area contributed by atoms with Crippen molar-refractivity contribution < 1.29 is 9.90 Å². The Morgan fingerprint density at radius 2 is 2.07 bits per heavy atom. The Labute approximate surface area is 96.0 Å². The second kappa shape index (κ2) is 3.91. The van der Waals surface area contributed by atoms with Gasteiger partial charge in [-0.1, -0.05) is 11.6 Å². The van der Waals surface area contributed by atoms with E-state index in [1.165, 1.54) is 0 Å². The maximum absolute atomic E-state index is 10.8. The highest BCUT2D eigenvalue weighted by atomic mass is 79.9. The third kappa shape index (κ3) is 2.10. The molecular weight excluding hydrogens is 267 g/mol. The van der Waals surface area contributed by atoms with Gasteiger partial charge in [0.15, 0.2) is 0 Å². The number of benzene rings is 1. The molecule has 0 unspecified atom stereocenters. The SMILES string of the molecule is CC(C)(C=O)c1cc(Cl)cc(Br)c1O. The normalized spacial score (nSPS) is 11.4. The van der Waals surface area contributed by atoms with E-state index < -0.39 is 5.41 Å². The van der Waals surface area contributed by atoms with E-state index in [1.807, 2.05) is 0 Å². The van der Waals surface area contributed by atoms with Crippen molar-refractivity contribution in [2.45, 2.75) is 19.3 Å². The monoisotopic (exact) mass is 276 g/mol. The molecule has 0 aliphatic rings. The molecule has 2 nitrogen and oxygen atoms in total. The number of carbonyl (C=O) groups excluding carboxylic acids is 1. The van der Waals surface area contributed by atoms with Crippen LogP contribution in [0.1, 0.15) is 19.4 Å². The molecule has 1 aromatic rings. The Hall–Kier alpha value is -0.540. The van der Waals surface area contributed by atoms with E-state index in [1.54, 1.807) is 26.0 Å². The van der Waals surface area contributed by atoms with Gasteiger partial charge < -0.3 is 9.90 Å². The molecule has 0 spiro atoms. The minimum absolute atomic E-state index is 0.0616. The summed E-state index contributed by atoms with van der Waals surface area (Å²) in [5.41, 5.74) is -0.218. The number of phenolic OH excluding ortho intramolecular Hbond substituents is 1. The Morgan fingerprint density at radius 1 is 1.50 bits per heavy atom. The molecule has 0 bridgehead atoms. The lowest BCUT2D eigenvalue weighted by Crippen LogP contribution is -2.18. The molecule has 0 saturated heterocycles. The van der Waals surface area contributed by atoms with Crippen molar-refractivity contribution in [2.75, 3.05) is 0 Å². The van der Waals surface area contributed by atoms with Gasteiger partial charge in [0.05, 0.1) is 4.47 Å². The van der Waals surface area contributed by atoms with Gasteiger partial charge in [-0.2, -0.15) is 0 Å². The average Bonchev–Trinajstić information content (AvgIpc) is 2.11. The van der Waals surface area contributed by atoms with Crippen LogP contribution >= 0.6 is 27.5 Å². The molecule has 1 rings (SSSR count). The fourth-order valence-corrected chi connectivity index (χ4v) is 1.93. The molecule has 1 N–H and O–H groups in total. The lowest BCUT2D eigenvalue weighted by Gasteiger charge is -2.19. The first kappa shape index (κ1) is 11.5. The number of carbonyl (C=O) groups is 1. The van der Waals surface area contributed by atoms with Crippen LogP contribution in [0.4, 0.5) is 0 Å². The number of phenols is 1. The fraction of sp³-hybridized carbons (Fsp3) is 0.300. The molecule has 0 aliphatic heterocycles. The summed E-state index contributed by atoms with van der Waals surface area (Å²) in [7, 11) is 0. The van der Waals surface area contributed by atoms with Crippen molar-refractivity contribution in [3.63, 3.8) is 0 Å². The molecule has 0 heterocycles. The Bertz CT molecular complexity index is 375. The first-order chi connectivity index (χ1) is 6.38. The fourth-order valence-electron chi connectivity index (χ4n) is 1.12. The van der Waals surface area contributed by atoms with Crippen molar-refractivity contribution in [3.8, 4) is 5.75 Å². The predicted molar refractivity (Wildman–Crippen MR) is 59.9 cm³/mol. The van der Waals surface area contributed by atoms with Gasteiger partial charge >= 0.3 is 0 Å². The molecule has 0 fully saturated rings. The highest BCUT2D eigenvalue weighted by Gasteiger charge is 2.24. The van der Waals surface area contributed by atoms with E-state index in [2.05, 4.69) is 15.9 Å². The summed E-state index contributed by atoms with van der Waals surface area (Å²) in [6.45, 7) is 3.44. The van der Waals surface area contributed by atoms with Crippen LogP contribution in [-0.4, -0.2) is 11.4 Å². The van der Waals surface area contributed by atoms with Crippen molar-refractivity contribution in [1.82, 2.24) is 0 Å². The second-order valence-electron chi connectivity index (χ2n) is 3.62. The number of aldehydes is 1. The molecular formula is C10H10BrClO2. The summed E-state index contributed by atoms with van der Waals surface area (Å²) in [5.74, 6) is 0.0616. The number of halogens is 2. The van der Waals surface area contributed by atoms with Gasteiger partial charge in [-0.05, 0) is 41.9 Å². The minimum atomic E-state index is -0.739. The van der Waals surface area contributed by atoms with Gasteiger partial charge in [0.2, 0.25) is 0 Å². The zero-order valence-electron chi connectivity index (χ0n) is 7.84. The zero-order valence-corrected chi connectivity index (χ0v) is 10.2. The van der Waals surface area contributed by atoms with E-state index in [0.29, 0.717) is 15.1 Å². The van der Waals surface area contributed by atoms with Crippen LogP contribution in [0, 0.1) is 0 Å². The lowest BCUT2D eigenvalue weighted by molar-refractivity contribution is -0.111. The molecule has 0 atom stereocenters. The van der Waals surface area contributed by atoms with Crippen LogP contribution < -0.4 is 0 Å². The van der Waals surface area contributed by atoms with Gasteiger partial charge in [-0.3, -0.25) is 0 Å². The molecule has 1 aromatic carbocycles. The maximum Gasteiger partial charge on any atom is 0.134 e. The number of hydrogen-bond donors (Lipinski definition) is 1. The highest BCUT2D eigenvalue weighted by molar-refractivity contribution is 9.10. The molecule has 0 radical (unpaired) electrons. The molecule has 0 aromatic heterocycles. The number of aromatic hydroxyl groups is 1. The number of rotatable bonds is 2. The van der Waals surface area contributed by atoms with Crippen LogP contribution in [0.15, 0.2) is 16.6 Å². The third-order valence-corrected chi connectivity index (χ3v) is 2.84. The van der Waals surface area contributed by atoms with E-state index in [-0.39, 0.29) is 5.75 Å². The molecule has 0 amide bonds. The largest absolute Gasteiger partial charge is 0.506 e. The molecule has 0 aliphatic carbocycles. The predicted octanol–water partition coefficient (Wildman–Crippen LogP) is 3.28. The second-order valence-corrected chi connectivity index (χ2v) is 4.91. The standard InChI is InChI=1S/C10H10BrClO2/c1-10(2,5-13)7-3-6(12)4-8(11)9(7)14/h3-5,14H,1-2H3. The van der Waals surface area contributed by atoms with Crippen LogP contribution in [0.2, 0.25) is 5.02 Å². The minimum Gasteiger partial charge on any atom is -0.506 e. The smallest absolute Gasteiger partial charge is 0.134 e. The summed E-state index contributed by atoms with van der Waals surface area (Å²) in [6, 6.07) is 3.18. The summed E-state index contributed by atoms with van der Waals surface area (Å²) >= 11 is 9.00. The quantitative estimate of drug-likeness (QED) is 0.842. The summed E-state index contributed by atoms with van der Waals surface area (Å²) in [5, 5.41) is 10.2. The van der Waals surface area contributed by atoms with E-state index >= 15 is 0 Å². The van der Waals surface area contributed by atoms with Crippen molar-refractivity contribution in [2.24, 2.45) is 0 Å². The summed E-state index contributed by atoms with van der Waals surface area (Å²) in [4.78, 5) is 10.8. The van der Waals surface area contributed by atoms with Crippen molar-refractivity contribution in [3.05, 3.63) is 27.2 Å². The Kier molecular flexibility index (Phi) is 3.22. The Morgan fingerprint density at radius 3 is 2.57 bits per heavy atom. The van der Waals surface area contributed by atoms with Gasteiger partial charge in [0.1, 0.15) is 12.0 Å². The van der Waals surface area contributed by atoms with E-state index in [4.69, 9.17) is 11.6 Å². The summed E-state index contributed by atoms with van der Waals surface area (Å²) < 4.78 is 0.495. The van der Waals surface area contributed by atoms with Crippen molar-refractivity contribution in [1.29, 1.82) is 0 Å². The molecule has 4 heteroatoms. The van der Waals surface area contributed by atoms with Crippen LogP contribution in [0.25, 0.3) is 0 Å². The van der Waals surface area contributed by atoms with Gasteiger partial charge in [0, 0.05) is 16.0 Å². The first-order valence-corrected chi connectivity index (χ1v) is 5.20. The molecule has 0 saturated carbocycles. The zero-order chi connectivity index (χ0) is 10.9. The van der Waals surface area contributed by atoms with Crippen LogP contribution in [-0.2, 0) is 10.2 Å². The third-order valence-electron chi connectivity index (χ3n) is 2.02. The van der Waals surface area contributed by atoms with Crippen LogP contribution in [0.3, 0.4) is 0 Å². The topological polar surface area (TPSA) is 37.3 Å². The maximum atomic E-state index is 10.8. The van der Waals surface area contributed by atoms with Gasteiger partial charge in [-0.25, -0.2) is 0 Å². The van der Waals surface area contributed by atoms with Gasteiger partial charge in [0.25, 0.3) is 0 Å². The molecule has 76 valence electrons. The number of hydrogen-bond acceptors (Lipinski definition) is 2. The Balaban J connectivity index is 3.41. The first-order valence-electron chi connectivity index (χ1n) is 4.03. The van der Waals surface area contributed by atoms with Crippen molar-refractivity contribution >= 4 is 33.8 Å². The summed E-state index contributed by atoms with van der Waals surface area (Å²) in [6.07, 6.45) is 0.783. The highest BCUT2D eigenvalue weighted by Crippen LogP contribution is 2.37. The van der Waals surface area contributed by atoms with E-state index in [0.717, 1.165) is 6.29 Å². The average molecular weight is 278 g/mol. The van der Waals surface area contributed by atoms with Gasteiger partial charge in [-0.15, -0.1) is 0 Å². The van der Waals surface area contributed by atoms with E-state index in [9.17, 15) is 9.90 Å². The lowest BCUT2D eigenvalue weighted by atomic mass is 9.86. The van der Waals surface area contributed by atoms with Crippen LogP contribution in [0.5, 0.6) is 5.75 Å². The molecule has 14 heavy (non-hydrogen) atoms.